The van der Waals surface area contributed by atoms with E-state index in [0.29, 0.717) is 12.6 Å². The summed E-state index contributed by atoms with van der Waals surface area (Å²) in [6.45, 7) is 6.70. The second-order valence-corrected chi connectivity index (χ2v) is 10.0. The molecule has 0 spiro atoms. The van der Waals surface area contributed by atoms with Gasteiger partial charge in [-0.2, -0.15) is 5.10 Å². The molecule has 1 saturated carbocycles. The van der Waals surface area contributed by atoms with Gasteiger partial charge < -0.3 is 19.5 Å². The number of carbonyl (C=O) groups excluding carboxylic acids is 1. The lowest BCUT2D eigenvalue weighted by Crippen LogP contribution is -2.32. The zero-order valence-corrected chi connectivity index (χ0v) is 20.6. The average Bonchev–Trinajstić information content (AvgIpc) is 3.38. The van der Waals surface area contributed by atoms with E-state index in [1.807, 2.05) is 41.1 Å². The number of benzene rings is 2. The fourth-order valence-electron chi connectivity index (χ4n) is 4.22. The summed E-state index contributed by atoms with van der Waals surface area (Å²) in [7, 11) is 0. The van der Waals surface area contributed by atoms with E-state index in [0.717, 1.165) is 59.9 Å². The Morgan fingerprint density at radius 1 is 1.09 bits per heavy atom. The Kier molecular flexibility index (Phi) is 6.38. The van der Waals surface area contributed by atoms with Gasteiger partial charge in [0.25, 0.3) is 0 Å². The number of ether oxygens (including phenoxy) is 2. The lowest BCUT2D eigenvalue weighted by Gasteiger charge is -2.22. The molecule has 2 heterocycles. The third-order valence-electron chi connectivity index (χ3n) is 6.76. The number of β-amino-alcohol motifs (C(OH)–C–C–N with tert-alkyl or cyclic N) is 1. The molecule has 7 heteroatoms. The Morgan fingerprint density at radius 3 is 2.54 bits per heavy atom. The van der Waals surface area contributed by atoms with Crippen LogP contribution in [0.25, 0.3) is 16.9 Å². The van der Waals surface area contributed by atoms with Gasteiger partial charge in [0.2, 0.25) is 0 Å². The molecule has 2 fully saturated rings. The van der Waals surface area contributed by atoms with Crippen LogP contribution in [-0.2, 0) is 16.1 Å². The first-order valence-corrected chi connectivity index (χ1v) is 12.3. The summed E-state index contributed by atoms with van der Waals surface area (Å²) in [5.41, 5.74) is 3.71. The molecule has 35 heavy (non-hydrogen) atoms. The highest BCUT2D eigenvalue weighted by molar-refractivity contribution is 5.84. The molecule has 184 valence electrons. The third-order valence-corrected chi connectivity index (χ3v) is 6.76. The maximum absolute atomic E-state index is 12.0. The van der Waals surface area contributed by atoms with Gasteiger partial charge in [0.05, 0.1) is 41.6 Å². The van der Waals surface area contributed by atoms with Crippen molar-refractivity contribution < 1.29 is 19.4 Å². The van der Waals surface area contributed by atoms with E-state index in [-0.39, 0.29) is 18.5 Å². The molecule has 1 aromatic heterocycles. The largest absolute Gasteiger partial charge is 0.490 e. The van der Waals surface area contributed by atoms with Crippen molar-refractivity contribution in [2.45, 2.75) is 64.4 Å². The predicted octanol–water partition coefficient (Wildman–Crippen LogP) is 4.54. The number of carbonyl (C=O) groups is 1. The molecule has 1 saturated heterocycles. The molecule has 2 aliphatic rings. The van der Waals surface area contributed by atoms with Crippen LogP contribution in [0, 0.1) is 0 Å². The van der Waals surface area contributed by atoms with E-state index in [9.17, 15) is 9.90 Å². The van der Waals surface area contributed by atoms with E-state index in [1.54, 1.807) is 13.8 Å². The van der Waals surface area contributed by atoms with Gasteiger partial charge >= 0.3 is 0 Å². The molecule has 0 amide bonds. The Balaban J connectivity index is 1.55. The van der Waals surface area contributed by atoms with Crippen LogP contribution in [0.3, 0.4) is 0 Å². The van der Waals surface area contributed by atoms with Crippen LogP contribution in [0.1, 0.15) is 45.7 Å². The zero-order valence-electron chi connectivity index (χ0n) is 20.6. The Bertz CT molecular complexity index is 1210. The van der Waals surface area contributed by atoms with Crippen LogP contribution in [0.4, 0.5) is 5.69 Å². The van der Waals surface area contributed by atoms with Gasteiger partial charge in [-0.05, 0) is 70.4 Å². The van der Waals surface area contributed by atoms with Crippen LogP contribution in [-0.4, -0.2) is 51.6 Å². The SMILES string of the molecule is CC(=O)C(C)(C)OCc1cc(-c2cccc(OC3CC3)c2)n(-c2ccccc2N2CC[C@@H](O)C2)n1. The summed E-state index contributed by atoms with van der Waals surface area (Å²) in [4.78, 5) is 14.2. The van der Waals surface area contributed by atoms with Crippen molar-refractivity contribution in [1.29, 1.82) is 0 Å². The highest BCUT2D eigenvalue weighted by Crippen LogP contribution is 2.34. The monoisotopic (exact) mass is 475 g/mol. The Labute approximate surface area is 206 Å². The number of hydrogen-bond acceptors (Lipinski definition) is 6. The van der Waals surface area contributed by atoms with Crippen molar-refractivity contribution in [3.63, 3.8) is 0 Å². The predicted molar refractivity (Wildman–Crippen MR) is 135 cm³/mol. The quantitative estimate of drug-likeness (QED) is 0.490. The first-order valence-electron chi connectivity index (χ1n) is 12.3. The first kappa shape index (κ1) is 23.6. The Morgan fingerprint density at radius 2 is 1.86 bits per heavy atom. The molecule has 1 aliphatic heterocycles. The van der Waals surface area contributed by atoms with Gasteiger partial charge in [-0.3, -0.25) is 4.79 Å². The molecule has 7 nitrogen and oxygen atoms in total. The summed E-state index contributed by atoms with van der Waals surface area (Å²) < 4.78 is 13.9. The maximum Gasteiger partial charge on any atom is 0.161 e. The van der Waals surface area contributed by atoms with Crippen LogP contribution >= 0.6 is 0 Å². The summed E-state index contributed by atoms with van der Waals surface area (Å²) in [5.74, 6) is 0.823. The number of rotatable bonds is 9. The topological polar surface area (TPSA) is 76.8 Å². The van der Waals surface area contributed by atoms with Crippen molar-refractivity contribution in [3.05, 3.63) is 60.3 Å². The molecular formula is C28H33N3O4. The van der Waals surface area contributed by atoms with Gasteiger partial charge in [-0.1, -0.05) is 24.3 Å². The lowest BCUT2D eigenvalue weighted by molar-refractivity contribution is -0.139. The van der Waals surface area contributed by atoms with Gasteiger partial charge in [-0.15, -0.1) is 0 Å². The van der Waals surface area contributed by atoms with Crippen molar-refractivity contribution >= 4 is 11.5 Å². The summed E-state index contributed by atoms with van der Waals surface area (Å²) in [6.07, 6.45) is 2.94. The summed E-state index contributed by atoms with van der Waals surface area (Å²) in [5, 5.41) is 15.1. The van der Waals surface area contributed by atoms with Crippen molar-refractivity contribution in [1.82, 2.24) is 9.78 Å². The van der Waals surface area contributed by atoms with Crippen molar-refractivity contribution in [2.75, 3.05) is 18.0 Å². The second-order valence-electron chi connectivity index (χ2n) is 10.0. The smallest absolute Gasteiger partial charge is 0.161 e. The second kappa shape index (κ2) is 9.47. The van der Waals surface area contributed by atoms with Crippen LogP contribution in [0.15, 0.2) is 54.6 Å². The lowest BCUT2D eigenvalue weighted by atomic mass is 10.1. The average molecular weight is 476 g/mol. The number of anilines is 1. The van der Waals surface area contributed by atoms with E-state index in [1.165, 1.54) is 6.92 Å². The standard InChI is InChI=1S/C28H33N3O4/c1-19(32)28(2,3)34-18-21-16-27(20-7-6-8-24(15-20)35-23-11-12-23)31(29-21)26-10-5-4-9-25(26)30-14-13-22(33)17-30/h4-10,15-16,22-23,33H,11-14,17-18H2,1-3H3/t22-/m1/s1. The Hall–Kier alpha value is -3.16. The van der Waals surface area contributed by atoms with Crippen molar-refractivity contribution in [3.8, 4) is 22.7 Å². The van der Waals surface area contributed by atoms with Crippen molar-refractivity contribution in [2.24, 2.45) is 0 Å². The normalized spacial score (nSPS) is 18.2. The number of nitrogens with zero attached hydrogens (tertiary/aromatic N) is 3. The van der Waals surface area contributed by atoms with Crippen LogP contribution in [0.2, 0.25) is 0 Å². The summed E-state index contributed by atoms with van der Waals surface area (Å²) >= 11 is 0. The van der Waals surface area contributed by atoms with Gasteiger partial charge in [-0.25, -0.2) is 4.68 Å². The molecule has 1 atom stereocenters. The molecular weight excluding hydrogens is 442 g/mol. The molecule has 0 radical (unpaired) electrons. The minimum Gasteiger partial charge on any atom is -0.490 e. The maximum atomic E-state index is 12.0. The molecule has 0 unspecified atom stereocenters. The number of aromatic nitrogens is 2. The van der Waals surface area contributed by atoms with Crippen LogP contribution in [0.5, 0.6) is 5.75 Å². The number of aliphatic hydroxyl groups is 1. The van der Waals surface area contributed by atoms with Gasteiger partial charge in [0.1, 0.15) is 11.4 Å². The number of Topliss-reactive ketones (excluding diaryl/α,β-unsaturated/α-hetero) is 1. The van der Waals surface area contributed by atoms with E-state index < -0.39 is 5.60 Å². The molecule has 1 N–H and O–H groups in total. The highest BCUT2D eigenvalue weighted by atomic mass is 16.5. The fourth-order valence-corrected chi connectivity index (χ4v) is 4.22. The van der Waals surface area contributed by atoms with E-state index in [2.05, 4.69) is 23.1 Å². The number of para-hydroxylation sites is 2. The molecule has 3 aromatic rings. The van der Waals surface area contributed by atoms with E-state index in [4.69, 9.17) is 14.6 Å². The first-order chi connectivity index (χ1) is 16.8. The van der Waals surface area contributed by atoms with Gasteiger partial charge in [0, 0.05) is 18.7 Å². The zero-order chi connectivity index (χ0) is 24.6. The molecule has 5 rings (SSSR count). The number of aliphatic hydroxyl groups excluding tert-OH is 1. The summed E-state index contributed by atoms with van der Waals surface area (Å²) in [6, 6.07) is 18.2. The minimum absolute atomic E-state index is 0.0278. The van der Waals surface area contributed by atoms with E-state index >= 15 is 0 Å². The fraction of sp³-hybridized carbons (Fsp3) is 0.429. The number of ketones is 1. The third kappa shape index (κ3) is 5.26. The number of hydrogen-bond donors (Lipinski definition) is 1. The highest BCUT2D eigenvalue weighted by Gasteiger charge is 2.27. The molecule has 1 aliphatic carbocycles. The minimum atomic E-state index is -0.883. The van der Waals surface area contributed by atoms with Gasteiger partial charge in [0.15, 0.2) is 5.78 Å². The van der Waals surface area contributed by atoms with Crippen LogP contribution < -0.4 is 9.64 Å². The molecule has 2 aromatic carbocycles. The molecule has 0 bridgehead atoms.